The first-order valence-electron chi connectivity index (χ1n) is 8.02. The highest BCUT2D eigenvalue weighted by molar-refractivity contribution is 5.91. The first-order valence-corrected chi connectivity index (χ1v) is 8.02. The fourth-order valence-electron chi connectivity index (χ4n) is 2.09. The molecule has 0 aliphatic carbocycles. The molecule has 2 aromatic rings. The number of carboxylic acids is 1. The van der Waals surface area contributed by atoms with Crippen molar-refractivity contribution >= 4 is 23.9 Å². The third-order valence-electron chi connectivity index (χ3n) is 3.77. The third-order valence-corrected chi connectivity index (χ3v) is 3.77. The zero-order valence-corrected chi connectivity index (χ0v) is 14.8. The Labute approximate surface area is 151 Å². The molecule has 0 spiro atoms. The van der Waals surface area contributed by atoms with Crippen molar-refractivity contribution < 1.29 is 19.4 Å². The van der Waals surface area contributed by atoms with Gasteiger partial charge in [0.25, 0.3) is 0 Å². The van der Waals surface area contributed by atoms with Crippen molar-refractivity contribution in [2.45, 2.75) is 26.9 Å². The van der Waals surface area contributed by atoms with Crippen molar-refractivity contribution in [1.29, 1.82) is 0 Å². The van der Waals surface area contributed by atoms with E-state index < -0.39 is 18.1 Å². The number of nitrogens with one attached hydrogen (secondary N) is 2. The minimum Gasteiger partial charge on any atom is -0.479 e. The van der Waals surface area contributed by atoms with Crippen LogP contribution in [0.1, 0.15) is 23.6 Å². The second-order valence-electron chi connectivity index (χ2n) is 5.74. The predicted octanol–water partition coefficient (Wildman–Crippen LogP) is 3.31. The molecule has 0 saturated heterocycles. The molecule has 1 atom stereocenters. The van der Waals surface area contributed by atoms with Crippen molar-refractivity contribution in [2.24, 2.45) is 5.10 Å². The van der Waals surface area contributed by atoms with Crippen molar-refractivity contribution in [3.63, 3.8) is 0 Å². The number of aliphatic carboxylic acids is 1. The Bertz CT molecular complexity index is 816. The van der Waals surface area contributed by atoms with E-state index in [2.05, 4.69) is 15.8 Å². The van der Waals surface area contributed by atoms with E-state index in [1.54, 1.807) is 24.3 Å². The van der Waals surface area contributed by atoms with Crippen LogP contribution in [0.4, 0.5) is 10.5 Å². The lowest BCUT2D eigenvalue weighted by atomic mass is 10.1. The van der Waals surface area contributed by atoms with E-state index >= 15 is 0 Å². The topological polar surface area (TPSA) is 100 Å². The van der Waals surface area contributed by atoms with Gasteiger partial charge >= 0.3 is 12.0 Å². The molecule has 0 unspecified atom stereocenters. The maximum Gasteiger partial charge on any atom is 0.344 e. The van der Waals surface area contributed by atoms with Gasteiger partial charge in [0, 0.05) is 5.69 Å². The standard InChI is InChI=1S/C19H21N3O4/c1-12-5-4-6-17(13(12)2)21-19(25)22-20-11-15-7-9-16(10-8-15)26-14(3)18(23)24/h4-11,14H,1-3H3,(H,23,24)(H2,21,22,25)/b20-11+/t14-/m0/s1. The summed E-state index contributed by atoms with van der Waals surface area (Å²) in [4.78, 5) is 22.6. The summed E-state index contributed by atoms with van der Waals surface area (Å²) in [5, 5.41) is 15.4. The normalized spacial score (nSPS) is 11.8. The van der Waals surface area contributed by atoms with E-state index in [1.807, 2.05) is 32.0 Å². The van der Waals surface area contributed by atoms with Crippen molar-refractivity contribution in [2.75, 3.05) is 5.32 Å². The van der Waals surface area contributed by atoms with Crippen LogP contribution in [0.3, 0.4) is 0 Å². The minimum absolute atomic E-state index is 0.440. The molecule has 0 fully saturated rings. The summed E-state index contributed by atoms with van der Waals surface area (Å²) < 4.78 is 5.24. The molecule has 0 aromatic heterocycles. The Kier molecular flexibility index (Phi) is 6.32. The highest BCUT2D eigenvalue weighted by Crippen LogP contribution is 2.17. The fourth-order valence-corrected chi connectivity index (χ4v) is 2.09. The van der Waals surface area contributed by atoms with Gasteiger partial charge in [-0.2, -0.15) is 5.10 Å². The number of nitrogens with zero attached hydrogens (tertiary/aromatic N) is 1. The monoisotopic (exact) mass is 355 g/mol. The summed E-state index contributed by atoms with van der Waals surface area (Å²) in [5.74, 6) is -0.590. The molecule has 7 nitrogen and oxygen atoms in total. The molecular weight excluding hydrogens is 334 g/mol. The van der Waals surface area contributed by atoms with Gasteiger partial charge in [-0.05, 0) is 67.8 Å². The number of carbonyl (C=O) groups excluding carboxylic acids is 1. The molecule has 0 aliphatic rings. The molecule has 3 N–H and O–H groups in total. The summed E-state index contributed by atoms with van der Waals surface area (Å²) in [5.41, 5.74) is 5.94. The van der Waals surface area contributed by atoms with Crippen LogP contribution in [-0.4, -0.2) is 29.4 Å². The molecule has 136 valence electrons. The van der Waals surface area contributed by atoms with Gasteiger partial charge in [0.1, 0.15) is 5.75 Å². The number of carboxylic acid groups (broad SMARTS) is 1. The SMILES string of the molecule is Cc1cccc(NC(=O)N/N=C/c2ccc(O[C@@H](C)C(=O)O)cc2)c1C. The Hall–Kier alpha value is -3.35. The van der Waals surface area contributed by atoms with Gasteiger partial charge in [0.15, 0.2) is 6.10 Å². The molecule has 7 heteroatoms. The van der Waals surface area contributed by atoms with Crippen LogP contribution >= 0.6 is 0 Å². The van der Waals surface area contributed by atoms with Crippen LogP contribution in [0.2, 0.25) is 0 Å². The Balaban J connectivity index is 1.88. The minimum atomic E-state index is -1.03. The van der Waals surface area contributed by atoms with E-state index in [1.165, 1.54) is 13.1 Å². The fraction of sp³-hybridized carbons (Fsp3) is 0.211. The molecule has 2 aromatic carbocycles. The van der Waals surface area contributed by atoms with E-state index in [-0.39, 0.29) is 0 Å². The van der Waals surface area contributed by atoms with Gasteiger partial charge in [-0.3, -0.25) is 0 Å². The molecule has 0 aliphatic heterocycles. The lowest BCUT2D eigenvalue weighted by Gasteiger charge is -2.10. The Morgan fingerprint density at radius 2 is 1.85 bits per heavy atom. The number of carbonyl (C=O) groups is 2. The number of hydrogen-bond acceptors (Lipinski definition) is 4. The number of hydrazone groups is 1. The van der Waals surface area contributed by atoms with Crippen molar-refractivity contribution in [3.05, 3.63) is 59.2 Å². The molecule has 0 heterocycles. The Morgan fingerprint density at radius 1 is 1.15 bits per heavy atom. The lowest BCUT2D eigenvalue weighted by molar-refractivity contribution is -0.144. The first-order chi connectivity index (χ1) is 12.4. The highest BCUT2D eigenvalue weighted by atomic mass is 16.5. The lowest BCUT2D eigenvalue weighted by Crippen LogP contribution is -2.24. The van der Waals surface area contributed by atoms with E-state index in [0.717, 1.165) is 22.4 Å². The summed E-state index contributed by atoms with van der Waals surface area (Å²) in [7, 11) is 0. The van der Waals surface area contributed by atoms with Crippen LogP contribution < -0.4 is 15.5 Å². The van der Waals surface area contributed by atoms with E-state index in [0.29, 0.717) is 5.75 Å². The molecule has 0 bridgehead atoms. The van der Waals surface area contributed by atoms with Gasteiger partial charge in [-0.25, -0.2) is 15.0 Å². The maximum atomic E-state index is 11.9. The Morgan fingerprint density at radius 3 is 2.50 bits per heavy atom. The molecule has 2 amide bonds. The zero-order chi connectivity index (χ0) is 19.1. The van der Waals surface area contributed by atoms with Crippen LogP contribution in [0, 0.1) is 13.8 Å². The van der Waals surface area contributed by atoms with Crippen LogP contribution in [0.5, 0.6) is 5.75 Å². The largest absolute Gasteiger partial charge is 0.479 e. The predicted molar refractivity (Wildman–Crippen MR) is 99.8 cm³/mol. The van der Waals surface area contributed by atoms with E-state index in [9.17, 15) is 9.59 Å². The highest BCUT2D eigenvalue weighted by Gasteiger charge is 2.11. The van der Waals surface area contributed by atoms with Crippen LogP contribution in [0.15, 0.2) is 47.6 Å². The van der Waals surface area contributed by atoms with E-state index in [4.69, 9.17) is 9.84 Å². The number of ether oxygens (including phenoxy) is 1. The van der Waals surface area contributed by atoms with Gasteiger partial charge in [0.05, 0.1) is 6.21 Å². The number of aryl methyl sites for hydroxylation is 1. The quantitative estimate of drug-likeness (QED) is 0.547. The molecular formula is C19H21N3O4. The number of hydrogen-bond donors (Lipinski definition) is 3. The van der Waals surface area contributed by atoms with Crippen LogP contribution in [0.25, 0.3) is 0 Å². The van der Waals surface area contributed by atoms with Crippen molar-refractivity contribution in [3.8, 4) is 5.75 Å². The van der Waals surface area contributed by atoms with Gasteiger partial charge in [-0.15, -0.1) is 0 Å². The molecule has 2 rings (SSSR count). The molecule has 0 saturated carbocycles. The first kappa shape index (κ1) is 19.0. The van der Waals surface area contributed by atoms with Gasteiger partial charge in [0.2, 0.25) is 0 Å². The number of anilines is 1. The average Bonchev–Trinajstić information content (AvgIpc) is 2.60. The smallest absolute Gasteiger partial charge is 0.344 e. The molecule has 0 radical (unpaired) electrons. The summed E-state index contributed by atoms with van der Waals surface area (Å²) in [6, 6.07) is 11.9. The van der Waals surface area contributed by atoms with Gasteiger partial charge in [-0.1, -0.05) is 12.1 Å². The number of urea groups is 1. The number of benzene rings is 2. The second-order valence-corrected chi connectivity index (χ2v) is 5.74. The van der Waals surface area contributed by atoms with Crippen molar-refractivity contribution in [1.82, 2.24) is 5.43 Å². The number of rotatable bonds is 6. The molecule has 26 heavy (non-hydrogen) atoms. The van der Waals surface area contributed by atoms with Gasteiger partial charge < -0.3 is 15.2 Å². The maximum absolute atomic E-state index is 11.9. The number of amides is 2. The summed E-state index contributed by atoms with van der Waals surface area (Å²) in [6.45, 7) is 5.36. The average molecular weight is 355 g/mol. The summed E-state index contributed by atoms with van der Waals surface area (Å²) >= 11 is 0. The second kappa shape index (κ2) is 8.66. The van der Waals surface area contributed by atoms with Crippen LogP contribution in [-0.2, 0) is 4.79 Å². The zero-order valence-electron chi connectivity index (χ0n) is 14.8. The third kappa shape index (κ3) is 5.34. The summed E-state index contributed by atoms with van der Waals surface area (Å²) in [6.07, 6.45) is 0.553.